The van der Waals surface area contributed by atoms with E-state index in [2.05, 4.69) is 31.3 Å². The quantitative estimate of drug-likeness (QED) is 0.726. The molecule has 2 nitrogen and oxygen atoms in total. The van der Waals surface area contributed by atoms with Crippen molar-refractivity contribution in [3.05, 3.63) is 41.4 Å². The molecular weight excluding hydrogens is 338 g/mol. The fourth-order valence-electron chi connectivity index (χ4n) is 3.56. The number of fused-ring (bicyclic) bond motifs is 1. The van der Waals surface area contributed by atoms with Gasteiger partial charge in [-0.25, -0.2) is 0 Å². The molecule has 0 radical (unpaired) electrons. The smallest absolute Gasteiger partial charge is 0.230 e. The lowest BCUT2D eigenvalue weighted by Gasteiger charge is -2.34. The Hall–Kier alpha value is -1.19. The van der Waals surface area contributed by atoms with E-state index in [1.165, 1.54) is 12.8 Å². The zero-order valence-corrected chi connectivity index (χ0v) is 15.8. The average Bonchev–Trinajstić information content (AvgIpc) is 2.57. The minimum atomic E-state index is 0.120. The summed E-state index contributed by atoms with van der Waals surface area (Å²) in [6, 6.07) is 12.3. The Labute approximate surface area is 153 Å². The molecule has 1 amide bonds. The van der Waals surface area contributed by atoms with Gasteiger partial charge in [-0.05, 0) is 35.8 Å². The molecule has 128 valence electrons. The summed E-state index contributed by atoms with van der Waals surface area (Å²) in [5, 5.41) is 6.14. The molecule has 24 heavy (non-hydrogen) atoms. The lowest BCUT2D eigenvalue weighted by molar-refractivity contribution is -0.119. The van der Waals surface area contributed by atoms with E-state index in [1.807, 2.05) is 24.3 Å². The maximum atomic E-state index is 12.4. The molecule has 0 aromatic heterocycles. The Morgan fingerprint density at radius 1 is 1.21 bits per heavy atom. The van der Waals surface area contributed by atoms with Gasteiger partial charge in [0.25, 0.3) is 0 Å². The SMILES string of the molecule is C[C@H]1[C@@H](NC(=O)CSc2cccc3cccc(Cl)c23)CCC[C@@H]1C. The number of carbonyl (C=O) groups is 1. The van der Waals surface area contributed by atoms with Crippen LogP contribution in [0.1, 0.15) is 33.1 Å². The molecule has 0 spiro atoms. The summed E-state index contributed by atoms with van der Waals surface area (Å²) in [4.78, 5) is 13.5. The van der Waals surface area contributed by atoms with Gasteiger partial charge < -0.3 is 5.32 Å². The molecule has 0 bridgehead atoms. The van der Waals surface area contributed by atoms with Gasteiger partial charge in [-0.15, -0.1) is 11.8 Å². The van der Waals surface area contributed by atoms with E-state index < -0.39 is 0 Å². The van der Waals surface area contributed by atoms with Gasteiger partial charge in [0.1, 0.15) is 0 Å². The maximum absolute atomic E-state index is 12.4. The van der Waals surface area contributed by atoms with E-state index in [9.17, 15) is 4.79 Å². The molecule has 1 fully saturated rings. The standard InChI is InChI=1S/C20H24ClNOS/c1-13-6-3-10-17(14(13)2)22-19(23)12-24-18-11-5-8-15-7-4-9-16(21)20(15)18/h4-5,7-9,11,13-14,17H,3,6,10,12H2,1-2H3,(H,22,23)/t13-,14+,17-/m0/s1. The number of thioether (sulfide) groups is 1. The minimum Gasteiger partial charge on any atom is -0.352 e. The van der Waals surface area contributed by atoms with Crippen molar-refractivity contribution in [1.82, 2.24) is 5.32 Å². The van der Waals surface area contributed by atoms with Crippen LogP contribution in [0.15, 0.2) is 41.3 Å². The maximum Gasteiger partial charge on any atom is 0.230 e. The predicted molar refractivity (Wildman–Crippen MR) is 104 cm³/mol. The normalized spacial score (nSPS) is 24.0. The van der Waals surface area contributed by atoms with Crippen LogP contribution in [0.4, 0.5) is 0 Å². The molecule has 2 aromatic carbocycles. The average molecular weight is 362 g/mol. The third kappa shape index (κ3) is 3.89. The highest BCUT2D eigenvalue weighted by atomic mass is 35.5. The second-order valence-corrected chi connectivity index (χ2v) is 8.25. The van der Waals surface area contributed by atoms with Crippen LogP contribution in [-0.2, 0) is 4.79 Å². The first-order valence-electron chi connectivity index (χ1n) is 8.65. The van der Waals surface area contributed by atoms with Crippen LogP contribution in [0.5, 0.6) is 0 Å². The first kappa shape index (κ1) is 17.6. The van der Waals surface area contributed by atoms with Crippen molar-refractivity contribution in [2.24, 2.45) is 11.8 Å². The molecular formula is C20H24ClNOS. The number of hydrogen-bond acceptors (Lipinski definition) is 2. The Kier molecular flexibility index (Phi) is 5.72. The van der Waals surface area contributed by atoms with E-state index in [1.54, 1.807) is 11.8 Å². The van der Waals surface area contributed by atoms with Crippen molar-refractivity contribution >= 4 is 40.0 Å². The molecule has 0 saturated heterocycles. The molecule has 4 heteroatoms. The van der Waals surface area contributed by atoms with E-state index in [4.69, 9.17) is 11.6 Å². The van der Waals surface area contributed by atoms with Crippen molar-refractivity contribution in [1.29, 1.82) is 0 Å². The third-order valence-electron chi connectivity index (χ3n) is 5.23. The number of hydrogen-bond donors (Lipinski definition) is 1. The summed E-state index contributed by atoms with van der Waals surface area (Å²) in [6.45, 7) is 4.54. The monoisotopic (exact) mass is 361 g/mol. The summed E-state index contributed by atoms with van der Waals surface area (Å²) in [5.41, 5.74) is 0. The third-order valence-corrected chi connectivity index (χ3v) is 6.60. The van der Waals surface area contributed by atoms with Crippen molar-refractivity contribution < 1.29 is 4.79 Å². The van der Waals surface area contributed by atoms with Gasteiger partial charge in [0.15, 0.2) is 0 Å². The van der Waals surface area contributed by atoms with Crippen LogP contribution in [0.3, 0.4) is 0 Å². The van der Waals surface area contributed by atoms with Gasteiger partial charge in [-0.2, -0.15) is 0 Å². The van der Waals surface area contributed by atoms with Crippen molar-refractivity contribution in [2.75, 3.05) is 5.75 Å². The molecule has 0 heterocycles. The molecule has 1 N–H and O–H groups in total. The highest BCUT2D eigenvalue weighted by Crippen LogP contribution is 2.33. The minimum absolute atomic E-state index is 0.120. The van der Waals surface area contributed by atoms with E-state index in [-0.39, 0.29) is 5.91 Å². The number of carbonyl (C=O) groups excluding carboxylic acids is 1. The van der Waals surface area contributed by atoms with Crippen LogP contribution < -0.4 is 5.32 Å². The first-order chi connectivity index (χ1) is 11.6. The van der Waals surface area contributed by atoms with Crippen molar-refractivity contribution in [3.63, 3.8) is 0 Å². The molecule has 3 rings (SSSR count). The van der Waals surface area contributed by atoms with Gasteiger partial charge in [-0.3, -0.25) is 4.79 Å². The van der Waals surface area contributed by atoms with Crippen LogP contribution >= 0.6 is 23.4 Å². The summed E-state index contributed by atoms with van der Waals surface area (Å²) >= 11 is 7.92. The molecule has 0 aliphatic heterocycles. The van der Waals surface area contributed by atoms with E-state index in [0.717, 1.165) is 27.1 Å². The van der Waals surface area contributed by atoms with Crippen molar-refractivity contribution in [3.8, 4) is 0 Å². The Morgan fingerprint density at radius 3 is 2.75 bits per heavy atom. The molecule has 0 unspecified atom stereocenters. The molecule has 1 aliphatic rings. The lowest BCUT2D eigenvalue weighted by Crippen LogP contribution is -2.44. The van der Waals surface area contributed by atoms with Gasteiger partial charge in [0, 0.05) is 21.3 Å². The molecule has 1 saturated carbocycles. The number of halogens is 1. The van der Waals surface area contributed by atoms with Crippen LogP contribution in [-0.4, -0.2) is 17.7 Å². The Morgan fingerprint density at radius 2 is 1.96 bits per heavy atom. The topological polar surface area (TPSA) is 29.1 Å². The molecule has 1 aliphatic carbocycles. The van der Waals surface area contributed by atoms with Gasteiger partial charge in [-0.1, -0.05) is 62.6 Å². The predicted octanol–water partition coefficient (Wildman–Crippen LogP) is 5.53. The second kappa shape index (κ2) is 7.79. The van der Waals surface area contributed by atoms with Crippen LogP contribution in [0.25, 0.3) is 10.8 Å². The lowest BCUT2D eigenvalue weighted by atomic mass is 9.78. The van der Waals surface area contributed by atoms with Gasteiger partial charge in [0.05, 0.1) is 5.75 Å². The molecule has 3 atom stereocenters. The van der Waals surface area contributed by atoms with Crippen molar-refractivity contribution in [2.45, 2.75) is 44.0 Å². The zero-order chi connectivity index (χ0) is 17.1. The van der Waals surface area contributed by atoms with Crippen LogP contribution in [0.2, 0.25) is 5.02 Å². The fraction of sp³-hybridized carbons (Fsp3) is 0.450. The first-order valence-corrected chi connectivity index (χ1v) is 10.0. The highest BCUT2D eigenvalue weighted by molar-refractivity contribution is 8.00. The van der Waals surface area contributed by atoms with E-state index in [0.29, 0.717) is 23.6 Å². The van der Waals surface area contributed by atoms with Crippen LogP contribution in [0, 0.1) is 11.8 Å². The second-order valence-electron chi connectivity index (χ2n) is 6.82. The molecule has 2 aromatic rings. The number of amides is 1. The summed E-state index contributed by atoms with van der Waals surface area (Å²) in [6.07, 6.45) is 3.58. The Bertz CT molecular complexity index is 727. The largest absolute Gasteiger partial charge is 0.352 e. The highest BCUT2D eigenvalue weighted by Gasteiger charge is 2.28. The number of rotatable bonds is 4. The van der Waals surface area contributed by atoms with Gasteiger partial charge in [0.2, 0.25) is 5.91 Å². The summed E-state index contributed by atoms with van der Waals surface area (Å²) < 4.78 is 0. The summed E-state index contributed by atoms with van der Waals surface area (Å²) in [7, 11) is 0. The number of nitrogens with one attached hydrogen (secondary N) is 1. The number of benzene rings is 2. The Balaban J connectivity index is 1.65. The fourth-order valence-corrected chi connectivity index (χ4v) is 4.82. The summed E-state index contributed by atoms with van der Waals surface area (Å²) in [5.74, 6) is 1.80. The van der Waals surface area contributed by atoms with Gasteiger partial charge >= 0.3 is 0 Å². The van der Waals surface area contributed by atoms with E-state index >= 15 is 0 Å². The zero-order valence-electron chi connectivity index (χ0n) is 14.2.